The molecule has 0 fully saturated rings. The van der Waals surface area contributed by atoms with Crippen LogP contribution in [0, 0.1) is 13.8 Å². The first kappa shape index (κ1) is 14.4. The second kappa shape index (κ2) is 5.94. The van der Waals surface area contributed by atoms with Crippen molar-refractivity contribution in [3.8, 4) is 11.5 Å². The smallest absolute Gasteiger partial charge is 0.180 e. The molecule has 0 N–H and O–H groups in total. The highest BCUT2D eigenvalue weighted by Crippen LogP contribution is 2.27. The summed E-state index contributed by atoms with van der Waals surface area (Å²) in [6, 6.07) is 2.04. The van der Waals surface area contributed by atoms with Gasteiger partial charge in [0.15, 0.2) is 5.82 Å². The highest BCUT2D eigenvalue weighted by atomic mass is 79.9. The first-order valence-corrected chi connectivity index (χ1v) is 6.84. The number of pyridine rings is 1. The van der Waals surface area contributed by atoms with Crippen molar-refractivity contribution in [1.82, 2.24) is 15.0 Å². The molecule has 2 heterocycles. The summed E-state index contributed by atoms with van der Waals surface area (Å²) in [5.74, 6) is 0.512. The average molecular weight is 343 g/mol. The van der Waals surface area contributed by atoms with Crippen LogP contribution in [0.3, 0.4) is 0 Å². The van der Waals surface area contributed by atoms with Crippen LogP contribution in [-0.2, 0) is 11.3 Å². The molecule has 2 aromatic rings. The lowest BCUT2D eigenvalue weighted by Gasteiger charge is -2.09. The molecule has 0 amide bonds. The van der Waals surface area contributed by atoms with E-state index in [1.54, 1.807) is 13.3 Å². The SMILES string of the molecule is COCc1nc(-c2ncc(C)cc2C)nc(Cl)c1Br. The Kier molecular flexibility index (Phi) is 4.50. The maximum absolute atomic E-state index is 6.11. The molecule has 2 aromatic heterocycles. The van der Waals surface area contributed by atoms with Gasteiger partial charge in [-0.1, -0.05) is 17.7 Å². The monoisotopic (exact) mass is 341 g/mol. The van der Waals surface area contributed by atoms with E-state index in [1.165, 1.54) is 0 Å². The Morgan fingerprint density at radius 3 is 2.68 bits per heavy atom. The van der Waals surface area contributed by atoms with Gasteiger partial charge in [0, 0.05) is 13.3 Å². The topological polar surface area (TPSA) is 47.9 Å². The Morgan fingerprint density at radius 1 is 1.32 bits per heavy atom. The number of hydrogen-bond acceptors (Lipinski definition) is 4. The normalized spacial score (nSPS) is 10.8. The summed E-state index contributed by atoms with van der Waals surface area (Å²) in [7, 11) is 1.61. The lowest BCUT2D eigenvalue weighted by molar-refractivity contribution is 0.181. The second-order valence-electron chi connectivity index (χ2n) is 4.21. The van der Waals surface area contributed by atoms with E-state index in [4.69, 9.17) is 16.3 Å². The Hall–Kier alpha value is -1.04. The summed E-state index contributed by atoms with van der Waals surface area (Å²) >= 11 is 9.47. The molecule has 0 spiro atoms. The second-order valence-corrected chi connectivity index (χ2v) is 5.36. The molecule has 0 bridgehead atoms. The van der Waals surface area contributed by atoms with Crippen LogP contribution in [0.1, 0.15) is 16.8 Å². The Balaban J connectivity index is 2.56. The molecule has 0 aliphatic rings. The molecule has 0 radical (unpaired) electrons. The van der Waals surface area contributed by atoms with E-state index in [0.29, 0.717) is 27.8 Å². The van der Waals surface area contributed by atoms with E-state index < -0.39 is 0 Å². The first-order chi connectivity index (χ1) is 9.02. The molecule has 0 saturated carbocycles. The van der Waals surface area contributed by atoms with Crippen molar-refractivity contribution in [3.63, 3.8) is 0 Å². The highest BCUT2D eigenvalue weighted by Gasteiger charge is 2.14. The molecular formula is C13H13BrClN3O. The van der Waals surface area contributed by atoms with Crippen molar-refractivity contribution < 1.29 is 4.74 Å². The van der Waals surface area contributed by atoms with Gasteiger partial charge >= 0.3 is 0 Å². The number of nitrogens with zero attached hydrogens (tertiary/aromatic N) is 3. The lowest BCUT2D eigenvalue weighted by atomic mass is 10.1. The van der Waals surface area contributed by atoms with Crippen LogP contribution in [0.25, 0.3) is 11.5 Å². The molecule has 0 aliphatic carbocycles. The van der Waals surface area contributed by atoms with Gasteiger partial charge in [-0.25, -0.2) is 9.97 Å². The number of ether oxygens (including phenoxy) is 1. The zero-order valence-corrected chi connectivity index (χ0v) is 13.2. The van der Waals surface area contributed by atoms with Gasteiger partial charge in [-0.3, -0.25) is 4.98 Å². The summed E-state index contributed by atoms with van der Waals surface area (Å²) in [5, 5.41) is 0.360. The molecule has 0 unspecified atom stereocenters. The summed E-state index contributed by atoms with van der Waals surface area (Å²) in [6.45, 7) is 4.33. The largest absolute Gasteiger partial charge is 0.378 e. The fourth-order valence-electron chi connectivity index (χ4n) is 1.75. The van der Waals surface area contributed by atoms with Gasteiger partial charge in [0.2, 0.25) is 0 Å². The summed E-state index contributed by atoms with van der Waals surface area (Å²) in [6.07, 6.45) is 1.79. The fraction of sp³-hybridized carbons (Fsp3) is 0.308. The standard InChI is InChI=1S/C13H13BrClN3O/c1-7-4-8(2)11(16-5-7)13-17-9(6-19-3)10(14)12(15)18-13/h4-5H,6H2,1-3H3. The molecule has 0 aliphatic heterocycles. The van der Waals surface area contributed by atoms with Crippen molar-refractivity contribution >= 4 is 27.5 Å². The Bertz CT molecular complexity index is 619. The van der Waals surface area contributed by atoms with E-state index in [1.807, 2.05) is 19.9 Å². The average Bonchev–Trinajstić information content (AvgIpc) is 2.35. The van der Waals surface area contributed by atoms with Crippen molar-refractivity contribution in [3.05, 3.63) is 38.7 Å². The van der Waals surface area contributed by atoms with Crippen LogP contribution < -0.4 is 0 Å². The molecule has 6 heteroatoms. The van der Waals surface area contributed by atoms with Gasteiger partial charge in [-0.2, -0.15) is 0 Å². The van der Waals surface area contributed by atoms with Gasteiger partial charge in [-0.15, -0.1) is 0 Å². The minimum atomic E-state index is 0.360. The van der Waals surface area contributed by atoms with Crippen molar-refractivity contribution in [2.24, 2.45) is 0 Å². The maximum atomic E-state index is 6.11. The van der Waals surface area contributed by atoms with Crippen LogP contribution in [0.2, 0.25) is 5.15 Å². The molecule has 0 atom stereocenters. The van der Waals surface area contributed by atoms with E-state index in [-0.39, 0.29) is 0 Å². The quantitative estimate of drug-likeness (QED) is 0.798. The lowest BCUT2D eigenvalue weighted by Crippen LogP contribution is -2.02. The van der Waals surface area contributed by atoms with E-state index >= 15 is 0 Å². The number of aromatic nitrogens is 3. The van der Waals surface area contributed by atoms with E-state index in [2.05, 4.69) is 30.9 Å². The summed E-state index contributed by atoms with van der Waals surface area (Å²) in [5.41, 5.74) is 3.56. The number of methoxy groups -OCH3 is 1. The molecule has 0 saturated heterocycles. The third-order valence-electron chi connectivity index (χ3n) is 2.59. The molecule has 2 rings (SSSR count). The van der Waals surface area contributed by atoms with Crippen molar-refractivity contribution in [2.45, 2.75) is 20.5 Å². The summed E-state index contributed by atoms with van der Waals surface area (Å²) < 4.78 is 5.76. The minimum Gasteiger partial charge on any atom is -0.378 e. The van der Waals surface area contributed by atoms with Gasteiger partial charge < -0.3 is 4.74 Å². The third-order valence-corrected chi connectivity index (χ3v) is 3.92. The number of rotatable bonds is 3. The Morgan fingerprint density at radius 2 is 2.05 bits per heavy atom. The van der Waals surface area contributed by atoms with Crippen LogP contribution >= 0.6 is 27.5 Å². The molecular weight excluding hydrogens is 330 g/mol. The van der Waals surface area contributed by atoms with Crippen LogP contribution in [0.15, 0.2) is 16.7 Å². The van der Waals surface area contributed by atoms with Gasteiger partial charge in [-0.05, 0) is 40.9 Å². The maximum Gasteiger partial charge on any atom is 0.180 e. The predicted octanol–water partition coefficient (Wildman–Crippen LogP) is 3.72. The molecule has 100 valence electrons. The van der Waals surface area contributed by atoms with Crippen LogP contribution in [-0.4, -0.2) is 22.1 Å². The number of halogens is 2. The van der Waals surface area contributed by atoms with Crippen molar-refractivity contribution in [2.75, 3.05) is 7.11 Å². The van der Waals surface area contributed by atoms with Crippen LogP contribution in [0.5, 0.6) is 0 Å². The van der Waals surface area contributed by atoms with Gasteiger partial charge in [0.1, 0.15) is 10.8 Å². The zero-order valence-electron chi connectivity index (χ0n) is 10.9. The highest BCUT2D eigenvalue weighted by molar-refractivity contribution is 9.10. The summed E-state index contributed by atoms with van der Waals surface area (Å²) in [4.78, 5) is 13.1. The fourth-order valence-corrected chi connectivity index (χ4v) is 2.23. The number of hydrogen-bond donors (Lipinski definition) is 0. The van der Waals surface area contributed by atoms with Gasteiger partial charge in [0.05, 0.1) is 16.8 Å². The number of aryl methyl sites for hydroxylation is 2. The van der Waals surface area contributed by atoms with Gasteiger partial charge in [0.25, 0.3) is 0 Å². The Labute approximate surface area is 125 Å². The molecule has 4 nitrogen and oxygen atoms in total. The van der Waals surface area contributed by atoms with Crippen molar-refractivity contribution in [1.29, 1.82) is 0 Å². The van der Waals surface area contributed by atoms with E-state index in [0.717, 1.165) is 16.8 Å². The van der Waals surface area contributed by atoms with E-state index in [9.17, 15) is 0 Å². The predicted molar refractivity (Wildman–Crippen MR) is 78.2 cm³/mol. The molecule has 0 aromatic carbocycles. The first-order valence-electron chi connectivity index (χ1n) is 5.67. The molecule has 19 heavy (non-hydrogen) atoms. The van der Waals surface area contributed by atoms with Crippen LogP contribution in [0.4, 0.5) is 0 Å². The third kappa shape index (κ3) is 3.11. The minimum absolute atomic E-state index is 0.360. The zero-order chi connectivity index (χ0) is 14.0.